The number of hydrogen-bond acceptors (Lipinski definition) is 4. The zero-order chi connectivity index (χ0) is 20.8. The summed E-state index contributed by atoms with van der Waals surface area (Å²) >= 11 is 0. The summed E-state index contributed by atoms with van der Waals surface area (Å²) in [5.41, 5.74) is 1.57. The summed E-state index contributed by atoms with van der Waals surface area (Å²) < 4.78 is 19.7. The van der Waals surface area contributed by atoms with Crippen molar-refractivity contribution in [1.82, 2.24) is 15.2 Å². The molecule has 1 aromatic carbocycles. The lowest BCUT2D eigenvalue weighted by Crippen LogP contribution is -2.47. The van der Waals surface area contributed by atoms with Crippen LogP contribution in [0.25, 0.3) is 11.1 Å². The average Bonchev–Trinajstić information content (AvgIpc) is 3.27. The highest BCUT2D eigenvalue weighted by atomic mass is 19.1. The van der Waals surface area contributed by atoms with Gasteiger partial charge in [0.25, 0.3) is 0 Å². The molecule has 1 amide bonds. The molecule has 0 aliphatic carbocycles. The van der Waals surface area contributed by atoms with Gasteiger partial charge in [0.1, 0.15) is 17.0 Å². The van der Waals surface area contributed by atoms with Crippen molar-refractivity contribution >= 4 is 5.91 Å². The zero-order valence-corrected chi connectivity index (χ0v) is 17.5. The number of halogens is 1. The maximum atomic E-state index is 14.2. The maximum Gasteiger partial charge on any atom is 0.242 e. The highest BCUT2D eigenvalue weighted by Crippen LogP contribution is 2.40. The number of methoxy groups -OCH3 is 1. The summed E-state index contributed by atoms with van der Waals surface area (Å²) in [7, 11) is 3.48. The molecular weight excluding hydrogens is 369 g/mol. The number of nitrogens with zero attached hydrogens (tertiary/aromatic N) is 2. The van der Waals surface area contributed by atoms with E-state index >= 15 is 0 Å². The fourth-order valence-electron chi connectivity index (χ4n) is 4.47. The molecule has 5 nitrogen and oxygen atoms in total. The lowest BCUT2D eigenvalue weighted by atomic mass is 9.95. The van der Waals surface area contributed by atoms with Crippen LogP contribution in [0.15, 0.2) is 36.5 Å². The second kappa shape index (κ2) is 7.10. The van der Waals surface area contributed by atoms with E-state index in [2.05, 4.69) is 10.3 Å². The van der Waals surface area contributed by atoms with E-state index in [0.717, 1.165) is 42.6 Å². The van der Waals surface area contributed by atoms with Crippen LogP contribution in [-0.2, 0) is 10.5 Å². The number of likely N-dealkylation sites (N-methyl/N-ethyl adjacent to an activating group) is 1. The van der Waals surface area contributed by atoms with Crippen LogP contribution in [0.1, 0.15) is 50.4 Å². The topological polar surface area (TPSA) is 54.5 Å². The van der Waals surface area contributed by atoms with Crippen molar-refractivity contribution in [2.24, 2.45) is 0 Å². The maximum absolute atomic E-state index is 14.2. The standard InChI is InChI=1S/C23H28FN3O2/c1-22(2,24)16-7-5-15(6-8-16)17-13-19(25-14-20(17)29-4)18-9-10-23(26-18)11-12-27(3)21(23)28/h5-8,13-14,18,26H,9-12H2,1-4H3/t18-,23+/m1/s1. The van der Waals surface area contributed by atoms with E-state index in [9.17, 15) is 9.18 Å². The molecule has 0 unspecified atom stereocenters. The molecule has 154 valence electrons. The van der Waals surface area contributed by atoms with Gasteiger partial charge in [-0.1, -0.05) is 24.3 Å². The van der Waals surface area contributed by atoms with E-state index in [-0.39, 0.29) is 11.9 Å². The highest BCUT2D eigenvalue weighted by molar-refractivity contribution is 5.88. The zero-order valence-electron chi connectivity index (χ0n) is 17.5. The van der Waals surface area contributed by atoms with Crippen molar-refractivity contribution in [1.29, 1.82) is 0 Å². The predicted molar refractivity (Wildman–Crippen MR) is 110 cm³/mol. The normalized spacial score (nSPS) is 24.5. The number of carbonyl (C=O) groups excluding carboxylic acids is 1. The molecule has 0 saturated carbocycles. The summed E-state index contributed by atoms with van der Waals surface area (Å²) in [6.45, 7) is 3.89. The molecule has 1 N–H and O–H groups in total. The number of rotatable bonds is 4. The second-order valence-corrected chi connectivity index (χ2v) is 8.65. The lowest BCUT2D eigenvalue weighted by molar-refractivity contribution is -0.131. The van der Waals surface area contributed by atoms with Crippen molar-refractivity contribution in [2.45, 2.75) is 50.4 Å². The monoisotopic (exact) mass is 397 g/mol. The van der Waals surface area contributed by atoms with Gasteiger partial charge in [-0.2, -0.15) is 0 Å². The summed E-state index contributed by atoms with van der Waals surface area (Å²) in [6.07, 6.45) is 4.26. The van der Waals surface area contributed by atoms with Gasteiger partial charge < -0.3 is 9.64 Å². The number of carbonyl (C=O) groups is 1. The van der Waals surface area contributed by atoms with Crippen LogP contribution < -0.4 is 10.1 Å². The number of amides is 1. The third kappa shape index (κ3) is 3.50. The number of hydrogen-bond donors (Lipinski definition) is 1. The molecule has 2 aliphatic rings. The molecule has 3 heterocycles. The van der Waals surface area contributed by atoms with Crippen molar-refractivity contribution in [3.8, 4) is 16.9 Å². The van der Waals surface area contributed by atoms with Crippen LogP contribution >= 0.6 is 0 Å². The molecular formula is C23H28FN3O2. The van der Waals surface area contributed by atoms with E-state index in [1.807, 2.05) is 37.4 Å². The first-order valence-corrected chi connectivity index (χ1v) is 10.1. The van der Waals surface area contributed by atoms with Crippen molar-refractivity contribution in [3.63, 3.8) is 0 Å². The van der Waals surface area contributed by atoms with Gasteiger partial charge in [0, 0.05) is 19.2 Å². The Bertz CT molecular complexity index is 923. The van der Waals surface area contributed by atoms with Gasteiger partial charge in [0.05, 0.1) is 25.0 Å². The van der Waals surface area contributed by atoms with Crippen LogP contribution in [0.5, 0.6) is 5.75 Å². The molecule has 0 radical (unpaired) electrons. The third-order valence-corrected chi connectivity index (χ3v) is 6.29. The van der Waals surface area contributed by atoms with Gasteiger partial charge in [-0.05, 0) is 50.3 Å². The average molecular weight is 397 g/mol. The molecule has 2 fully saturated rings. The Balaban J connectivity index is 1.64. The Morgan fingerprint density at radius 1 is 1.28 bits per heavy atom. The van der Waals surface area contributed by atoms with E-state index in [4.69, 9.17) is 4.74 Å². The van der Waals surface area contributed by atoms with Gasteiger partial charge in [0.15, 0.2) is 0 Å². The molecule has 6 heteroatoms. The molecule has 29 heavy (non-hydrogen) atoms. The highest BCUT2D eigenvalue weighted by Gasteiger charge is 2.50. The molecule has 2 aliphatic heterocycles. The molecule has 2 atom stereocenters. The minimum atomic E-state index is -1.38. The van der Waals surface area contributed by atoms with E-state index in [1.54, 1.807) is 32.1 Å². The van der Waals surface area contributed by atoms with Crippen LogP contribution in [0, 0.1) is 0 Å². The summed E-state index contributed by atoms with van der Waals surface area (Å²) in [5.74, 6) is 0.851. The smallest absolute Gasteiger partial charge is 0.242 e. The number of ether oxygens (including phenoxy) is 1. The van der Waals surface area contributed by atoms with Crippen LogP contribution in [0.3, 0.4) is 0 Å². The summed E-state index contributed by atoms with van der Waals surface area (Å²) in [5, 5.41) is 3.56. The number of alkyl halides is 1. The largest absolute Gasteiger partial charge is 0.494 e. The number of nitrogens with one attached hydrogen (secondary N) is 1. The third-order valence-electron chi connectivity index (χ3n) is 6.29. The Kier molecular flexibility index (Phi) is 4.85. The summed E-state index contributed by atoms with van der Waals surface area (Å²) in [6, 6.07) is 9.50. The second-order valence-electron chi connectivity index (χ2n) is 8.65. The summed E-state index contributed by atoms with van der Waals surface area (Å²) in [4.78, 5) is 19.0. The molecule has 4 rings (SSSR count). The Morgan fingerprint density at radius 2 is 2.00 bits per heavy atom. The van der Waals surface area contributed by atoms with Gasteiger partial charge in [-0.3, -0.25) is 15.1 Å². The lowest BCUT2D eigenvalue weighted by Gasteiger charge is -2.23. The Hall–Kier alpha value is -2.47. The Morgan fingerprint density at radius 3 is 2.59 bits per heavy atom. The number of pyridine rings is 1. The predicted octanol–water partition coefficient (Wildman–Crippen LogP) is 3.99. The number of likely N-dealkylation sites (tertiary alicyclic amines) is 1. The first-order valence-electron chi connectivity index (χ1n) is 10.1. The van der Waals surface area contributed by atoms with E-state index < -0.39 is 11.2 Å². The Labute approximate surface area is 171 Å². The molecule has 2 aromatic rings. The van der Waals surface area contributed by atoms with E-state index in [1.165, 1.54) is 0 Å². The van der Waals surface area contributed by atoms with Gasteiger partial charge in [0.2, 0.25) is 5.91 Å². The van der Waals surface area contributed by atoms with Crippen molar-refractivity contribution in [2.75, 3.05) is 20.7 Å². The van der Waals surface area contributed by atoms with Crippen LogP contribution in [0.2, 0.25) is 0 Å². The van der Waals surface area contributed by atoms with Crippen LogP contribution in [0.4, 0.5) is 4.39 Å². The molecule has 2 saturated heterocycles. The van der Waals surface area contributed by atoms with E-state index in [0.29, 0.717) is 11.3 Å². The quantitative estimate of drug-likeness (QED) is 0.848. The van der Waals surface area contributed by atoms with Crippen LogP contribution in [-0.4, -0.2) is 42.0 Å². The molecule has 0 bridgehead atoms. The number of benzene rings is 1. The fourth-order valence-corrected chi connectivity index (χ4v) is 4.47. The minimum absolute atomic E-state index is 0.0270. The van der Waals surface area contributed by atoms with Gasteiger partial charge in [-0.25, -0.2) is 4.39 Å². The molecule has 1 spiro atoms. The van der Waals surface area contributed by atoms with Crippen molar-refractivity contribution < 1.29 is 13.9 Å². The minimum Gasteiger partial charge on any atom is -0.494 e. The number of aromatic nitrogens is 1. The van der Waals surface area contributed by atoms with Gasteiger partial charge in [-0.15, -0.1) is 0 Å². The first kappa shape index (κ1) is 19.8. The fraction of sp³-hybridized carbons (Fsp3) is 0.478. The first-order chi connectivity index (χ1) is 13.7. The SMILES string of the molecule is COc1cnc([C@H]2CC[C@@]3(CCN(C)C3=O)N2)cc1-c1ccc(C(C)(C)F)cc1. The van der Waals surface area contributed by atoms with Crippen molar-refractivity contribution in [3.05, 3.63) is 47.8 Å². The van der Waals surface area contributed by atoms with Gasteiger partial charge >= 0.3 is 0 Å². The molecule has 1 aromatic heterocycles.